The first-order valence-corrected chi connectivity index (χ1v) is 6.37. The molecule has 0 radical (unpaired) electrons. The van der Waals surface area contributed by atoms with Gasteiger partial charge in [-0.3, -0.25) is 4.18 Å². The van der Waals surface area contributed by atoms with Crippen LogP contribution >= 0.6 is 11.6 Å². The molecule has 0 saturated carbocycles. The zero-order chi connectivity index (χ0) is 11.5. The number of halogens is 1. The van der Waals surface area contributed by atoms with E-state index >= 15 is 0 Å². The highest BCUT2D eigenvalue weighted by atomic mass is 35.5. The lowest BCUT2D eigenvalue weighted by Crippen LogP contribution is -2.03. The van der Waals surface area contributed by atoms with Gasteiger partial charge >= 0.3 is 0 Å². The Balaban J connectivity index is 2.83. The predicted molar refractivity (Wildman–Crippen MR) is 61.2 cm³/mol. The van der Waals surface area contributed by atoms with E-state index in [4.69, 9.17) is 11.6 Å². The summed E-state index contributed by atoms with van der Waals surface area (Å²) in [6, 6.07) is 5.21. The van der Waals surface area contributed by atoms with Crippen LogP contribution in [0.3, 0.4) is 0 Å². The molecule has 0 fully saturated rings. The zero-order valence-electron chi connectivity index (χ0n) is 8.23. The second kappa shape index (κ2) is 4.79. The summed E-state index contributed by atoms with van der Waals surface area (Å²) in [7, 11) is -3.43. The molecule has 0 aliphatic heterocycles. The van der Waals surface area contributed by atoms with E-state index in [1.54, 1.807) is 24.3 Å². The molecule has 0 aliphatic rings. The summed E-state index contributed by atoms with van der Waals surface area (Å²) in [5.74, 6) is 0. The van der Waals surface area contributed by atoms with Crippen molar-refractivity contribution < 1.29 is 12.6 Å². The minimum Gasteiger partial charge on any atom is -0.265 e. The molecule has 3 nitrogen and oxygen atoms in total. The second-order valence-corrected chi connectivity index (χ2v) is 5.07. The zero-order valence-corrected chi connectivity index (χ0v) is 9.81. The van der Waals surface area contributed by atoms with Gasteiger partial charge in [0.1, 0.15) is 0 Å². The minimum atomic E-state index is -3.43. The van der Waals surface area contributed by atoms with Crippen molar-refractivity contribution in [1.82, 2.24) is 0 Å². The summed E-state index contributed by atoms with van der Waals surface area (Å²) < 4.78 is 26.1. The van der Waals surface area contributed by atoms with Crippen molar-refractivity contribution in [3.8, 4) is 0 Å². The monoisotopic (exact) mass is 246 g/mol. The number of hydrogen-bond donors (Lipinski definition) is 0. The van der Waals surface area contributed by atoms with Gasteiger partial charge in [-0.2, -0.15) is 8.42 Å². The highest BCUT2D eigenvalue weighted by Crippen LogP contribution is 2.19. The normalized spacial score (nSPS) is 11.3. The quantitative estimate of drug-likeness (QED) is 0.767. The fourth-order valence-corrected chi connectivity index (χ4v) is 1.56. The Labute approximate surface area is 94.5 Å². The average molecular weight is 247 g/mol. The van der Waals surface area contributed by atoms with Crippen molar-refractivity contribution in [2.45, 2.75) is 6.61 Å². The van der Waals surface area contributed by atoms with E-state index in [0.717, 1.165) is 11.8 Å². The molecule has 0 unspecified atom stereocenters. The van der Waals surface area contributed by atoms with E-state index in [0.29, 0.717) is 10.6 Å². The van der Waals surface area contributed by atoms with E-state index in [1.165, 1.54) is 0 Å². The van der Waals surface area contributed by atoms with E-state index in [9.17, 15) is 8.42 Å². The van der Waals surface area contributed by atoms with Crippen molar-refractivity contribution in [2.24, 2.45) is 0 Å². The van der Waals surface area contributed by atoms with Gasteiger partial charge in [-0.1, -0.05) is 36.4 Å². The fourth-order valence-electron chi connectivity index (χ4n) is 0.978. The van der Waals surface area contributed by atoms with Gasteiger partial charge in [-0.25, -0.2) is 0 Å². The minimum absolute atomic E-state index is 0.0465. The van der Waals surface area contributed by atoms with Crippen LogP contribution in [0, 0.1) is 0 Å². The third-order valence-corrected chi connectivity index (χ3v) is 2.64. The van der Waals surface area contributed by atoms with E-state index in [-0.39, 0.29) is 6.61 Å². The summed E-state index contributed by atoms with van der Waals surface area (Å²) in [5.41, 5.74) is 1.51. The topological polar surface area (TPSA) is 43.4 Å². The third-order valence-electron chi connectivity index (χ3n) is 1.74. The number of benzene rings is 1. The Morgan fingerprint density at radius 3 is 2.67 bits per heavy atom. The molecule has 0 amide bonds. The molecule has 5 heteroatoms. The first kappa shape index (κ1) is 12.2. The lowest BCUT2D eigenvalue weighted by Gasteiger charge is -2.04. The largest absolute Gasteiger partial charge is 0.265 e. The Bertz CT molecular complexity index is 466. The molecule has 1 aromatic rings. The maximum atomic E-state index is 10.8. The van der Waals surface area contributed by atoms with Crippen molar-refractivity contribution in [1.29, 1.82) is 0 Å². The van der Waals surface area contributed by atoms with Gasteiger partial charge in [0.05, 0.1) is 12.9 Å². The Hall–Kier alpha value is -0.840. The number of hydrogen-bond acceptors (Lipinski definition) is 3. The van der Waals surface area contributed by atoms with Crippen LogP contribution < -0.4 is 0 Å². The maximum Gasteiger partial charge on any atom is 0.264 e. The third kappa shape index (κ3) is 4.03. The summed E-state index contributed by atoms with van der Waals surface area (Å²) >= 11 is 5.91. The molecule has 1 aromatic carbocycles. The van der Waals surface area contributed by atoms with Crippen molar-refractivity contribution >= 4 is 27.8 Å². The van der Waals surface area contributed by atoms with Gasteiger partial charge < -0.3 is 0 Å². The van der Waals surface area contributed by atoms with Crippen LogP contribution in [-0.4, -0.2) is 14.7 Å². The molecule has 0 saturated heterocycles. The molecule has 0 bridgehead atoms. The average Bonchev–Trinajstić information content (AvgIpc) is 2.14. The predicted octanol–water partition coefficient (Wildman–Crippen LogP) is 2.46. The second-order valence-electron chi connectivity index (χ2n) is 3.02. The van der Waals surface area contributed by atoms with Crippen molar-refractivity contribution in [2.75, 3.05) is 6.26 Å². The standard InChI is InChI=1S/C10H11ClO3S/c1-3-8-4-5-9(10(11)6-8)7-14-15(2,12)13/h3-6H,1,7H2,2H3. The molecule has 0 aliphatic carbocycles. The Morgan fingerprint density at radius 1 is 1.53 bits per heavy atom. The number of rotatable bonds is 4. The van der Waals surface area contributed by atoms with Crippen LogP contribution in [-0.2, 0) is 20.9 Å². The van der Waals surface area contributed by atoms with Crippen LogP contribution in [0.4, 0.5) is 0 Å². The van der Waals surface area contributed by atoms with Crippen molar-refractivity contribution in [3.63, 3.8) is 0 Å². The van der Waals surface area contributed by atoms with Crippen LogP contribution in [0.25, 0.3) is 6.08 Å². The molecule has 0 N–H and O–H groups in total. The molecule has 0 atom stereocenters. The van der Waals surface area contributed by atoms with Gasteiger partial charge in [0.15, 0.2) is 0 Å². The molecule has 15 heavy (non-hydrogen) atoms. The van der Waals surface area contributed by atoms with Crippen LogP contribution in [0.15, 0.2) is 24.8 Å². The Morgan fingerprint density at radius 2 is 2.20 bits per heavy atom. The van der Waals surface area contributed by atoms with Gasteiger partial charge in [0, 0.05) is 5.02 Å². The van der Waals surface area contributed by atoms with E-state index in [2.05, 4.69) is 10.8 Å². The molecule has 0 heterocycles. The first-order valence-electron chi connectivity index (χ1n) is 4.17. The molecule has 0 spiro atoms. The van der Waals surface area contributed by atoms with E-state index in [1.807, 2.05) is 0 Å². The Kier molecular flexibility index (Phi) is 3.90. The SMILES string of the molecule is C=Cc1ccc(COS(C)(=O)=O)c(Cl)c1. The van der Waals surface area contributed by atoms with Gasteiger partial charge in [-0.05, 0) is 17.2 Å². The summed E-state index contributed by atoms with van der Waals surface area (Å²) in [4.78, 5) is 0. The highest BCUT2D eigenvalue weighted by molar-refractivity contribution is 7.85. The van der Waals surface area contributed by atoms with Gasteiger partial charge in [0.2, 0.25) is 0 Å². The fraction of sp³-hybridized carbons (Fsp3) is 0.200. The molecule has 1 rings (SSSR count). The summed E-state index contributed by atoms with van der Waals surface area (Å²) in [5, 5.41) is 0.469. The molecule has 0 aromatic heterocycles. The smallest absolute Gasteiger partial charge is 0.264 e. The van der Waals surface area contributed by atoms with Gasteiger partial charge in [-0.15, -0.1) is 0 Å². The maximum absolute atomic E-state index is 10.8. The van der Waals surface area contributed by atoms with Crippen molar-refractivity contribution in [3.05, 3.63) is 40.9 Å². The lowest BCUT2D eigenvalue weighted by atomic mass is 10.1. The van der Waals surface area contributed by atoms with Crippen LogP contribution in [0.1, 0.15) is 11.1 Å². The van der Waals surface area contributed by atoms with Crippen LogP contribution in [0.2, 0.25) is 5.02 Å². The highest BCUT2D eigenvalue weighted by Gasteiger charge is 2.05. The van der Waals surface area contributed by atoms with Crippen LogP contribution in [0.5, 0.6) is 0 Å². The summed E-state index contributed by atoms with van der Waals surface area (Å²) in [6.07, 6.45) is 2.66. The lowest BCUT2D eigenvalue weighted by molar-refractivity contribution is 0.312. The summed E-state index contributed by atoms with van der Waals surface area (Å²) in [6.45, 7) is 3.55. The molecule has 82 valence electrons. The molecular formula is C10H11ClO3S. The van der Waals surface area contributed by atoms with E-state index < -0.39 is 10.1 Å². The first-order chi connectivity index (χ1) is 6.92. The molecular weight excluding hydrogens is 236 g/mol. The van der Waals surface area contributed by atoms with Gasteiger partial charge in [0.25, 0.3) is 10.1 Å².